The normalized spacial score (nSPS) is 9.30. The first-order valence-corrected chi connectivity index (χ1v) is 8.46. The highest BCUT2D eigenvalue weighted by Gasteiger charge is 1.82. The topological polar surface area (TPSA) is 77.4 Å². The number of alkyl halides is 2. The number of aliphatic hydroxyl groups excluding tert-OH is 2. The summed E-state index contributed by atoms with van der Waals surface area (Å²) in [6.07, 6.45) is 0. The van der Waals surface area contributed by atoms with Crippen molar-refractivity contribution in [3.05, 3.63) is 0 Å². The Bertz CT molecular complexity index is 121. The van der Waals surface area contributed by atoms with Crippen molar-refractivity contribution in [1.82, 2.24) is 0 Å². The SMILES string of the molecule is COCCBr.COCCOCCBr.OCCOCCO. The van der Waals surface area contributed by atoms with Gasteiger partial charge < -0.3 is 29.2 Å². The van der Waals surface area contributed by atoms with Crippen molar-refractivity contribution in [2.24, 2.45) is 0 Å². The van der Waals surface area contributed by atoms with Crippen LogP contribution in [-0.2, 0) is 18.9 Å². The number of methoxy groups -OCH3 is 2. The summed E-state index contributed by atoms with van der Waals surface area (Å²) in [4.78, 5) is 0. The molecule has 0 aliphatic heterocycles. The average molecular weight is 428 g/mol. The summed E-state index contributed by atoms with van der Waals surface area (Å²) in [5.74, 6) is 0. The predicted octanol–water partition coefficient (Wildman–Crippen LogP) is 1.06. The zero-order valence-electron chi connectivity index (χ0n) is 12.4. The fourth-order valence-corrected chi connectivity index (χ4v) is 1.16. The Hall–Kier alpha value is 0.720. The lowest BCUT2D eigenvalue weighted by Crippen LogP contribution is -2.03. The lowest BCUT2D eigenvalue weighted by Gasteiger charge is -1.98. The molecule has 0 amide bonds. The van der Waals surface area contributed by atoms with E-state index in [1.807, 2.05) is 0 Å². The molecule has 0 heterocycles. The highest BCUT2D eigenvalue weighted by atomic mass is 79.9. The predicted molar refractivity (Wildman–Crippen MR) is 87.1 cm³/mol. The number of rotatable bonds is 11. The van der Waals surface area contributed by atoms with Crippen molar-refractivity contribution < 1.29 is 29.2 Å². The quantitative estimate of drug-likeness (QED) is 0.379. The third kappa shape index (κ3) is 42.8. The van der Waals surface area contributed by atoms with E-state index in [9.17, 15) is 0 Å². The average Bonchev–Trinajstić information content (AvgIpc) is 2.47. The largest absolute Gasteiger partial charge is 0.394 e. The van der Waals surface area contributed by atoms with Gasteiger partial charge in [-0.05, 0) is 0 Å². The lowest BCUT2D eigenvalue weighted by molar-refractivity contribution is 0.0650. The molecule has 0 aromatic carbocycles. The monoisotopic (exact) mass is 426 g/mol. The maximum Gasteiger partial charge on any atom is 0.0700 e. The van der Waals surface area contributed by atoms with Gasteiger partial charge in [-0.25, -0.2) is 0 Å². The van der Waals surface area contributed by atoms with Crippen LogP contribution in [0.25, 0.3) is 0 Å². The second kappa shape index (κ2) is 31.9. The molecule has 0 atom stereocenters. The lowest BCUT2D eigenvalue weighted by atomic mass is 10.7. The van der Waals surface area contributed by atoms with Crippen LogP contribution < -0.4 is 0 Å². The summed E-state index contributed by atoms with van der Waals surface area (Å²) in [6, 6.07) is 0. The number of aliphatic hydroxyl groups is 2. The van der Waals surface area contributed by atoms with Gasteiger partial charge in [-0.1, -0.05) is 31.9 Å². The van der Waals surface area contributed by atoms with Crippen LogP contribution in [0.4, 0.5) is 0 Å². The molecule has 0 aromatic heterocycles. The summed E-state index contributed by atoms with van der Waals surface area (Å²) < 4.78 is 19.1. The van der Waals surface area contributed by atoms with Gasteiger partial charge in [0.25, 0.3) is 0 Å². The van der Waals surface area contributed by atoms with Crippen molar-refractivity contribution in [3.63, 3.8) is 0 Å². The Balaban J connectivity index is -0.000000223. The van der Waals surface area contributed by atoms with Gasteiger partial charge in [0.2, 0.25) is 0 Å². The van der Waals surface area contributed by atoms with Gasteiger partial charge in [0.15, 0.2) is 0 Å². The van der Waals surface area contributed by atoms with Crippen LogP contribution in [0.1, 0.15) is 0 Å². The molecule has 6 nitrogen and oxygen atoms in total. The first kappa shape index (κ1) is 25.7. The van der Waals surface area contributed by atoms with Crippen LogP contribution in [-0.4, -0.2) is 87.9 Å². The molecule has 0 saturated carbocycles. The van der Waals surface area contributed by atoms with Gasteiger partial charge in [-0.15, -0.1) is 0 Å². The van der Waals surface area contributed by atoms with Crippen molar-refractivity contribution in [2.75, 3.05) is 77.7 Å². The first-order valence-electron chi connectivity index (χ1n) is 6.22. The molecule has 0 saturated heterocycles. The van der Waals surface area contributed by atoms with Crippen LogP contribution in [0.2, 0.25) is 0 Å². The number of halogens is 2. The standard InChI is InChI=1S/C5H11BrO2.C4H10O3.C3H7BrO/c1-7-4-5-8-3-2-6;5-1-3-7-4-2-6;1-5-3-2-4/h2-5H2,1H3;5-6H,1-4H2;2-3H2,1H3. The molecule has 0 aliphatic rings. The van der Waals surface area contributed by atoms with E-state index in [1.165, 1.54) is 0 Å². The molecule has 2 N–H and O–H groups in total. The Morgan fingerprint density at radius 1 is 0.650 bits per heavy atom. The molecular weight excluding hydrogens is 400 g/mol. The Morgan fingerprint density at radius 2 is 1.10 bits per heavy atom. The number of ether oxygens (including phenoxy) is 4. The fraction of sp³-hybridized carbons (Fsp3) is 1.00. The minimum absolute atomic E-state index is 0.0278. The van der Waals surface area contributed by atoms with Gasteiger partial charge >= 0.3 is 0 Å². The van der Waals surface area contributed by atoms with E-state index < -0.39 is 0 Å². The van der Waals surface area contributed by atoms with E-state index in [0.29, 0.717) is 26.4 Å². The molecule has 0 bridgehead atoms. The van der Waals surface area contributed by atoms with Crippen molar-refractivity contribution in [3.8, 4) is 0 Å². The molecule has 0 fully saturated rings. The van der Waals surface area contributed by atoms with Crippen LogP contribution in [0.5, 0.6) is 0 Å². The van der Waals surface area contributed by atoms with Crippen molar-refractivity contribution in [1.29, 1.82) is 0 Å². The smallest absolute Gasteiger partial charge is 0.0700 e. The number of hydrogen-bond acceptors (Lipinski definition) is 6. The van der Waals surface area contributed by atoms with Crippen molar-refractivity contribution in [2.45, 2.75) is 0 Å². The minimum atomic E-state index is 0.0278. The summed E-state index contributed by atoms with van der Waals surface area (Å²) in [5, 5.41) is 18.0. The first-order chi connectivity index (χ1) is 9.74. The Kier molecular flexibility index (Phi) is 40.9. The van der Waals surface area contributed by atoms with Crippen LogP contribution in [0.15, 0.2) is 0 Å². The molecule has 8 heteroatoms. The van der Waals surface area contributed by atoms with Gasteiger partial charge in [0.05, 0.1) is 52.9 Å². The van der Waals surface area contributed by atoms with Gasteiger partial charge in [0, 0.05) is 24.9 Å². The van der Waals surface area contributed by atoms with E-state index >= 15 is 0 Å². The molecule has 0 radical (unpaired) electrons. The second-order valence-electron chi connectivity index (χ2n) is 3.04. The minimum Gasteiger partial charge on any atom is -0.394 e. The maximum atomic E-state index is 8.09. The summed E-state index contributed by atoms with van der Waals surface area (Å²) in [6.45, 7) is 3.65. The molecule has 0 aromatic rings. The third-order valence-corrected chi connectivity index (χ3v) is 2.05. The Morgan fingerprint density at radius 3 is 1.40 bits per heavy atom. The summed E-state index contributed by atoms with van der Waals surface area (Å²) in [5.41, 5.74) is 0. The van der Waals surface area contributed by atoms with E-state index in [1.54, 1.807) is 14.2 Å². The summed E-state index contributed by atoms with van der Waals surface area (Å²) >= 11 is 6.42. The fourth-order valence-electron chi connectivity index (χ4n) is 0.607. The van der Waals surface area contributed by atoms with Crippen LogP contribution >= 0.6 is 31.9 Å². The van der Waals surface area contributed by atoms with Gasteiger partial charge in [0.1, 0.15) is 0 Å². The maximum absolute atomic E-state index is 8.09. The van der Waals surface area contributed by atoms with E-state index in [0.717, 1.165) is 23.9 Å². The van der Waals surface area contributed by atoms with E-state index in [-0.39, 0.29) is 13.2 Å². The molecule has 20 heavy (non-hydrogen) atoms. The van der Waals surface area contributed by atoms with E-state index in [4.69, 9.17) is 19.7 Å². The second-order valence-corrected chi connectivity index (χ2v) is 4.62. The molecule has 126 valence electrons. The van der Waals surface area contributed by atoms with Gasteiger partial charge in [-0.3, -0.25) is 0 Å². The highest BCUT2D eigenvalue weighted by Crippen LogP contribution is 1.80. The zero-order chi connectivity index (χ0) is 15.9. The molecule has 0 unspecified atom stereocenters. The zero-order valence-corrected chi connectivity index (χ0v) is 15.5. The molecule has 0 rings (SSSR count). The van der Waals surface area contributed by atoms with Gasteiger partial charge in [-0.2, -0.15) is 0 Å². The highest BCUT2D eigenvalue weighted by molar-refractivity contribution is 9.09. The number of hydrogen-bond donors (Lipinski definition) is 2. The summed E-state index contributed by atoms with van der Waals surface area (Å²) in [7, 11) is 3.35. The molecule has 0 aliphatic carbocycles. The molecule has 0 spiro atoms. The third-order valence-electron chi connectivity index (χ3n) is 1.41. The van der Waals surface area contributed by atoms with Crippen LogP contribution in [0, 0.1) is 0 Å². The molecular formula is C12H28Br2O6. The van der Waals surface area contributed by atoms with Crippen molar-refractivity contribution >= 4 is 31.9 Å². The van der Waals surface area contributed by atoms with E-state index in [2.05, 4.69) is 41.3 Å². The Labute approximate surface area is 139 Å². The van der Waals surface area contributed by atoms with Crippen LogP contribution in [0.3, 0.4) is 0 Å².